The van der Waals surface area contributed by atoms with Crippen LogP contribution >= 0.6 is 0 Å². The van der Waals surface area contributed by atoms with E-state index < -0.39 is 24.1 Å². The highest BCUT2D eigenvalue weighted by Gasteiger charge is 2.44. The van der Waals surface area contributed by atoms with Gasteiger partial charge in [-0.3, -0.25) is 4.79 Å². The maximum Gasteiger partial charge on any atom is 0.404 e. The molecule has 16 heavy (non-hydrogen) atoms. The quantitative estimate of drug-likeness (QED) is 0.573. The molecule has 0 spiro atoms. The van der Waals surface area contributed by atoms with Gasteiger partial charge in [0.15, 0.2) is 0 Å². The number of nitrogens with two attached hydrogens (primary N) is 1. The Morgan fingerprint density at radius 1 is 1.38 bits per heavy atom. The molecule has 0 radical (unpaired) electrons. The number of ether oxygens (including phenoxy) is 1. The topological polar surface area (TPSA) is 52.3 Å². The summed E-state index contributed by atoms with van der Waals surface area (Å²) in [7, 11) is 0. The number of carbonyl (C=O) groups is 1. The monoisotopic (exact) mass is 241 g/mol. The molecule has 0 saturated carbocycles. The maximum absolute atomic E-state index is 12.3. The summed E-state index contributed by atoms with van der Waals surface area (Å²) in [5.74, 6) is -2.17. The summed E-state index contributed by atoms with van der Waals surface area (Å²) in [6, 6.07) is -2.15. The Morgan fingerprint density at radius 2 is 1.94 bits per heavy atom. The Bertz CT molecular complexity index is 219. The second-order valence-electron chi connectivity index (χ2n) is 3.60. The molecule has 2 atom stereocenters. The van der Waals surface area contributed by atoms with Crippen LogP contribution in [0.25, 0.3) is 0 Å². The van der Waals surface area contributed by atoms with Crippen molar-refractivity contribution in [2.45, 2.75) is 45.3 Å². The number of unbranched alkanes of at least 4 members (excludes halogenated alkanes) is 1. The van der Waals surface area contributed by atoms with Gasteiger partial charge in [0.1, 0.15) is 6.04 Å². The molecule has 0 aliphatic heterocycles. The number of carbonyl (C=O) groups excluding carboxylic acids is 1. The Hall–Kier alpha value is -0.780. The van der Waals surface area contributed by atoms with E-state index in [1.165, 1.54) is 6.92 Å². The van der Waals surface area contributed by atoms with Crippen LogP contribution in [0.1, 0.15) is 33.1 Å². The lowest BCUT2D eigenvalue weighted by Gasteiger charge is -2.23. The normalized spacial score (nSPS) is 15.6. The highest BCUT2D eigenvalue weighted by molar-refractivity contribution is 5.73. The van der Waals surface area contributed by atoms with E-state index >= 15 is 0 Å². The van der Waals surface area contributed by atoms with Gasteiger partial charge in [-0.1, -0.05) is 20.3 Å². The van der Waals surface area contributed by atoms with Gasteiger partial charge in [0.2, 0.25) is 0 Å². The van der Waals surface area contributed by atoms with Gasteiger partial charge >= 0.3 is 12.1 Å². The first-order valence-electron chi connectivity index (χ1n) is 5.33. The lowest BCUT2D eigenvalue weighted by Crippen LogP contribution is -2.47. The van der Waals surface area contributed by atoms with Gasteiger partial charge in [0.25, 0.3) is 0 Å². The van der Waals surface area contributed by atoms with E-state index in [1.54, 1.807) is 0 Å². The maximum atomic E-state index is 12.3. The highest BCUT2D eigenvalue weighted by atomic mass is 19.4. The zero-order chi connectivity index (χ0) is 12.8. The van der Waals surface area contributed by atoms with Crippen LogP contribution in [0.4, 0.5) is 13.2 Å². The minimum absolute atomic E-state index is 0.0195. The largest absolute Gasteiger partial charge is 0.465 e. The van der Waals surface area contributed by atoms with E-state index in [0.29, 0.717) is 6.42 Å². The second-order valence-corrected chi connectivity index (χ2v) is 3.60. The number of rotatable bonds is 6. The molecule has 96 valence electrons. The molecule has 2 N–H and O–H groups in total. The molecular formula is C10H18F3NO2. The third-order valence-corrected chi connectivity index (χ3v) is 2.30. The number of halogens is 3. The van der Waals surface area contributed by atoms with Gasteiger partial charge < -0.3 is 10.5 Å². The fourth-order valence-corrected chi connectivity index (χ4v) is 1.22. The zero-order valence-electron chi connectivity index (χ0n) is 9.51. The molecular weight excluding hydrogens is 223 g/mol. The Morgan fingerprint density at radius 3 is 2.31 bits per heavy atom. The molecule has 3 nitrogen and oxygen atoms in total. The average molecular weight is 241 g/mol. The number of hydrogen-bond donors (Lipinski definition) is 1. The van der Waals surface area contributed by atoms with Crippen LogP contribution in [-0.2, 0) is 9.53 Å². The van der Waals surface area contributed by atoms with Crippen molar-refractivity contribution in [1.82, 2.24) is 0 Å². The van der Waals surface area contributed by atoms with Crippen LogP contribution in [0.3, 0.4) is 0 Å². The summed E-state index contributed by atoms with van der Waals surface area (Å²) in [4.78, 5) is 11.3. The molecule has 0 fully saturated rings. The number of esters is 1. The first-order valence-corrected chi connectivity index (χ1v) is 5.33. The van der Waals surface area contributed by atoms with E-state index in [1.807, 2.05) is 6.92 Å². The van der Waals surface area contributed by atoms with E-state index in [0.717, 1.165) is 6.42 Å². The molecule has 0 aliphatic rings. The second kappa shape index (κ2) is 6.73. The van der Waals surface area contributed by atoms with Crippen molar-refractivity contribution in [3.63, 3.8) is 0 Å². The lowest BCUT2D eigenvalue weighted by atomic mass is 9.97. The Balaban J connectivity index is 4.32. The van der Waals surface area contributed by atoms with Gasteiger partial charge in [0.05, 0.1) is 12.5 Å². The molecule has 0 amide bonds. The van der Waals surface area contributed by atoms with Crippen LogP contribution in [-0.4, -0.2) is 24.8 Å². The predicted octanol–water partition coefficient (Wildman–Crippen LogP) is 2.25. The summed E-state index contributed by atoms with van der Waals surface area (Å²) < 4.78 is 41.6. The van der Waals surface area contributed by atoms with E-state index in [9.17, 15) is 18.0 Å². The smallest absolute Gasteiger partial charge is 0.404 e. The fraction of sp³-hybridized carbons (Fsp3) is 0.900. The molecule has 0 unspecified atom stereocenters. The predicted molar refractivity (Wildman–Crippen MR) is 53.7 cm³/mol. The SMILES string of the molecule is CCCCOC(=O)[C@@H](CC)[C@H](N)C(F)(F)F. The van der Waals surface area contributed by atoms with Crippen LogP contribution in [0.15, 0.2) is 0 Å². The molecule has 0 saturated heterocycles. The molecule has 0 aromatic carbocycles. The third kappa shape index (κ3) is 4.83. The Kier molecular flexibility index (Phi) is 6.40. The van der Waals surface area contributed by atoms with E-state index in [-0.39, 0.29) is 13.0 Å². The van der Waals surface area contributed by atoms with Crippen molar-refractivity contribution in [3.8, 4) is 0 Å². The lowest BCUT2D eigenvalue weighted by molar-refractivity contribution is -0.176. The first-order chi connectivity index (χ1) is 7.34. The van der Waals surface area contributed by atoms with Gasteiger partial charge in [-0.25, -0.2) is 0 Å². The van der Waals surface area contributed by atoms with E-state index in [4.69, 9.17) is 10.5 Å². The zero-order valence-corrected chi connectivity index (χ0v) is 9.51. The molecule has 6 heteroatoms. The Labute approximate surface area is 93.1 Å². The van der Waals surface area contributed by atoms with Gasteiger partial charge in [-0.15, -0.1) is 0 Å². The summed E-state index contributed by atoms with van der Waals surface area (Å²) in [6.45, 7) is 3.53. The molecule has 0 aliphatic carbocycles. The average Bonchev–Trinajstić information content (AvgIpc) is 2.17. The minimum atomic E-state index is -4.57. The van der Waals surface area contributed by atoms with Crippen molar-refractivity contribution in [1.29, 1.82) is 0 Å². The van der Waals surface area contributed by atoms with Crippen molar-refractivity contribution < 1.29 is 22.7 Å². The molecule has 0 bridgehead atoms. The van der Waals surface area contributed by atoms with Gasteiger partial charge in [-0.05, 0) is 12.8 Å². The van der Waals surface area contributed by atoms with Crippen molar-refractivity contribution in [3.05, 3.63) is 0 Å². The molecule has 0 heterocycles. The van der Waals surface area contributed by atoms with Crippen LogP contribution in [0.2, 0.25) is 0 Å². The molecule has 0 rings (SSSR count). The number of alkyl halides is 3. The summed E-state index contributed by atoms with van der Waals surface area (Å²) >= 11 is 0. The van der Waals surface area contributed by atoms with E-state index in [2.05, 4.69) is 0 Å². The summed E-state index contributed by atoms with van der Waals surface area (Å²) in [5.41, 5.74) is 4.98. The standard InChI is InChI=1S/C10H18F3NO2/c1-3-5-6-16-9(15)7(4-2)8(14)10(11,12)13/h7-8H,3-6,14H2,1-2H3/t7-,8-/m0/s1. The van der Waals surface area contributed by atoms with Crippen molar-refractivity contribution in [2.75, 3.05) is 6.61 Å². The first kappa shape index (κ1) is 15.2. The van der Waals surface area contributed by atoms with Crippen LogP contribution < -0.4 is 5.73 Å². The van der Waals surface area contributed by atoms with Gasteiger partial charge in [0, 0.05) is 0 Å². The highest BCUT2D eigenvalue weighted by Crippen LogP contribution is 2.26. The molecule has 0 aromatic rings. The van der Waals surface area contributed by atoms with Crippen molar-refractivity contribution in [2.24, 2.45) is 11.7 Å². The van der Waals surface area contributed by atoms with Crippen LogP contribution in [0.5, 0.6) is 0 Å². The van der Waals surface area contributed by atoms with Crippen molar-refractivity contribution >= 4 is 5.97 Å². The summed E-state index contributed by atoms with van der Waals surface area (Å²) in [6.07, 6.45) is -3.09. The third-order valence-electron chi connectivity index (χ3n) is 2.30. The fourth-order valence-electron chi connectivity index (χ4n) is 1.22. The van der Waals surface area contributed by atoms with Crippen LogP contribution in [0, 0.1) is 5.92 Å². The van der Waals surface area contributed by atoms with Gasteiger partial charge in [-0.2, -0.15) is 13.2 Å². The summed E-state index contributed by atoms with van der Waals surface area (Å²) in [5, 5.41) is 0. The number of hydrogen-bond acceptors (Lipinski definition) is 3. The minimum Gasteiger partial charge on any atom is -0.465 e. The molecule has 0 aromatic heterocycles.